The summed E-state index contributed by atoms with van der Waals surface area (Å²) in [6, 6.07) is 6.68. The van der Waals surface area contributed by atoms with E-state index in [4.69, 9.17) is 14.2 Å². The van der Waals surface area contributed by atoms with Crippen molar-refractivity contribution in [2.24, 2.45) is 0 Å². The third-order valence-electron chi connectivity index (χ3n) is 2.71. The average molecular weight is 264 g/mol. The Morgan fingerprint density at radius 3 is 2.74 bits per heavy atom. The Bertz CT molecular complexity index is 463. The molecule has 19 heavy (non-hydrogen) atoms. The third-order valence-corrected chi connectivity index (χ3v) is 2.71. The zero-order chi connectivity index (χ0) is 13.7. The van der Waals surface area contributed by atoms with Gasteiger partial charge in [-0.25, -0.2) is 4.79 Å². The molecule has 0 N–H and O–H groups in total. The first-order valence-corrected chi connectivity index (χ1v) is 6.27. The lowest BCUT2D eigenvalue weighted by Gasteiger charge is -2.23. The molecular formula is C14H16O5. The largest absolute Gasteiger partial charge is 0.460 e. The fourth-order valence-electron chi connectivity index (χ4n) is 1.82. The number of Topliss-reactive ketones (excluding diaryl/α,β-unsaturated/α-hetero) is 1. The van der Waals surface area contributed by atoms with Crippen LogP contribution in [0.15, 0.2) is 24.3 Å². The molecule has 0 amide bonds. The van der Waals surface area contributed by atoms with Crippen LogP contribution in [0, 0.1) is 0 Å². The minimum Gasteiger partial charge on any atom is -0.460 e. The molecule has 5 heteroatoms. The lowest BCUT2D eigenvalue weighted by atomic mass is 10.1. The molecular weight excluding hydrogens is 248 g/mol. The van der Waals surface area contributed by atoms with Crippen LogP contribution in [-0.4, -0.2) is 31.6 Å². The van der Waals surface area contributed by atoms with Crippen molar-refractivity contribution in [2.75, 3.05) is 19.8 Å². The van der Waals surface area contributed by atoms with E-state index >= 15 is 0 Å². The number of benzene rings is 1. The zero-order valence-corrected chi connectivity index (χ0v) is 10.8. The van der Waals surface area contributed by atoms with Crippen molar-refractivity contribution in [3.05, 3.63) is 35.4 Å². The van der Waals surface area contributed by atoms with E-state index in [0.29, 0.717) is 13.2 Å². The Morgan fingerprint density at radius 2 is 2.05 bits per heavy atom. The van der Waals surface area contributed by atoms with E-state index in [1.54, 1.807) is 31.2 Å². The number of ether oxygens (including phenoxy) is 3. The smallest absolute Gasteiger partial charge is 0.379 e. The molecule has 0 radical (unpaired) electrons. The lowest BCUT2D eigenvalue weighted by molar-refractivity contribution is -0.183. The van der Waals surface area contributed by atoms with Crippen LogP contribution < -0.4 is 0 Å². The summed E-state index contributed by atoms with van der Waals surface area (Å²) < 4.78 is 15.6. The van der Waals surface area contributed by atoms with Gasteiger partial charge in [0.25, 0.3) is 5.78 Å². The second-order valence-corrected chi connectivity index (χ2v) is 4.10. The van der Waals surface area contributed by atoms with Crippen LogP contribution in [0.25, 0.3) is 0 Å². The molecule has 5 nitrogen and oxygen atoms in total. The first-order chi connectivity index (χ1) is 9.22. The molecule has 1 saturated heterocycles. The maximum Gasteiger partial charge on any atom is 0.379 e. The minimum atomic E-state index is -0.842. The highest BCUT2D eigenvalue weighted by atomic mass is 16.7. The summed E-state index contributed by atoms with van der Waals surface area (Å²) in [6.07, 6.45) is 0.390. The van der Waals surface area contributed by atoms with Crippen LogP contribution in [0.4, 0.5) is 0 Å². The number of esters is 1. The highest BCUT2D eigenvalue weighted by Crippen LogP contribution is 2.23. The van der Waals surface area contributed by atoms with Gasteiger partial charge in [-0.05, 0) is 19.4 Å². The van der Waals surface area contributed by atoms with Crippen LogP contribution >= 0.6 is 0 Å². The highest BCUT2D eigenvalue weighted by molar-refractivity contribution is 6.40. The normalized spacial score (nSPS) is 16.1. The van der Waals surface area contributed by atoms with Gasteiger partial charge in [-0.15, -0.1) is 0 Å². The predicted molar refractivity (Wildman–Crippen MR) is 66.7 cm³/mol. The van der Waals surface area contributed by atoms with E-state index in [1.807, 2.05) is 0 Å². The second kappa shape index (κ2) is 6.45. The van der Waals surface area contributed by atoms with Gasteiger partial charge in [-0.3, -0.25) is 4.79 Å². The molecule has 2 rings (SSSR count). The lowest BCUT2D eigenvalue weighted by Crippen LogP contribution is -2.20. The van der Waals surface area contributed by atoms with E-state index in [2.05, 4.69) is 0 Å². The Hall–Kier alpha value is -1.72. The van der Waals surface area contributed by atoms with Crippen molar-refractivity contribution < 1.29 is 23.8 Å². The van der Waals surface area contributed by atoms with Crippen LogP contribution in [0.3, 0.4) is 0 Å². The molecule has 1 aliphatic rings. The quantitative estimate of drug-likeness (QED) is 0.472. The van der Waals surface area contributed by atoms with Crippen LogP contribution in [0.5, 0.6) is 0 Å². The van der Waals surface area contributed by atoms with E-state index in [0.717, 1.165) is 12.0 Å². The number of hydrogen-bond acceptors (Lipinski definition) is 5. The SMILES string of the molecule is CCOC(=O)C(=O)c1cccc(C2OCCCO2)c1. The van der Waals surface area contributed by atoms with Crippen molar-refractivity contribution in [2.45, 2.75) is 19.6 Å². The summed E-state index contributed by atoms with van der Waals surface area (Å²) in [5.41, 5.74) is 1.02. The summed E-state index contributed by atoms with van der Waals surface area (Å²) in [5, 5.41) is 0. The van der Waals surface area contributed by atoms with E-state index in [9.17, 15) is 9.59 Å². The van der Waals surface area contributed by atoms with Gasteiger partial charge in [-0.2, -0.15) is 0 Å². The fraction of sp³-hybridized carbons (Fsp3) is 0.429. The monoisotopic (exact) mass is 264 g/mol. The molecule has 0 atom stereocenters. The van der Waals surface area contributed by atoms with Crippen molar-refractivity contribution in [3.8, 4) is 0 Å². The topological polar surface area (TPSA) is 61.8 Å². The van der Waals surface area contributed by atoms with Gasteiger partial charge < -0.3 is 14.2 Å². The first-order valence-electron chi connectivity index (χ1n) is 6.27. The Balaban J connectivity index is 2.14. The van der Waals surface area contributed by atoms with E-state index < -0.39 is 18.0 Å². The Kier molecular flexibility index (Phi) is 4.65. The number of carbonyl (C=O) groups is 2. The van der Waals surface area contributed by atoms with Gasteiger partial charge in [0.05, 0.1) is 19.8 Å². The fourth-order valence-corrected chi connectivity index (χ4v) is 1.82. The maximum atomic E-state index is 11.8. The van der Waals surface area contributed by atoms with Crippen molar-refractivity contribution in [1.82, 2.24) is 0 Å². The summed E-state index contributed by atoms with van der Waals surface area (Å²) in [5.74, 6) is -1.50. The standard InChI is InChI=1S/C14H16O5/c1-2-17-13(16)12(15)10-5-3-6-11(9-10)14-18-7-4-8-19-14/h3,5-6,9,14H,2,4,7-8H2,1H3. The average Bonchev–Trinajstić information content (AvgIpc) is 2.48. The van der Waals surface area contributed by atoms with E-state index in [-0.39, 0.29) is 12.2 Å². The summed E-state index contributed by atoms with van der Waals surface area (Å²) in [7, 11) is 0. The molecule has 0 saturated carbocycles. The van der Waals surface area contributed by atoms with Gasteiger partial charge in [0.15, 0.2) is 6.29 Å². The van der Waals surface area contributed by atoms with Gasteiger partial charge in [-0.1, -0.05) is 18.2 Å². The maximum absolute atomic E-state index is 11.8. The zero-order valence-electron chi connectivity index (χ0n) is 10.8. The molecule has 1 aliphatic heterocycles. The minimum absolute atomic E-state index is 0.180. The van der Waals surface area contributed by atoms with Crippen LogP contribution in [0.2, 0.25) is 0 Å². The molecule has 1 aromatic carbocycles. The molecule has 0 spiro atoms. The van der Waals surface area contributed by atoms with E-state index in [1.165, 1.54) is 0 Å². The molecule has 0 bridgehead atoms. The van der Waals surface area contributed by atoms with Gasteiger partial charge in [0, 0.05) is 11.1 Å². The number of hydrogen-bond donors (Lipinski definition) is 0. The molecule has 0 aliphatic carbocycles. The predicted octanol–water partition coefficient (Wildman–Crippen LogP) is 1.87. The number of carbonyl (C=O) groups excluding carboxylic acids is 2. The molecule has 0 aromatic heterocycles. The molecule has 1 fully saturated rings. The van der Waals surface area contributed by atoms with Crippen LogP contribution in [0.1, 0.15) is 35.6 Å². The highest BCUT2D eigenvalue weighted by Gasteiger charge is 2.21. The van der Waals surface area contributed by atoms with Gasteiger partial charge in [0.1, 0.15) is 0 Å². The molecule has 0 unspecified atom stereocenters. The van der Waals surface area contributed by atoms with Gasteiger partial charge >= 0.3 is 5.97 Å². The molecule has 1 aromatic rings. The van der Waals surface area contributed by atoms with Crippen molar-refractivity contribution >= 4 is 11.8 Å². The van der Waals surface area contributed by atoms with Gasteiger partial charge in [0.2, 0.25) is 0 Å². The third kappa shape index (κ3) is 3.39. The summed E-state index contributed by atoms with van der Waals surface area (Å²) in [6.45, 7) is 3.09. The Labute approximate surface area is 111 Å². The second-order valence-electron chi connectivity index (χ2n) is 4.10. The van der Waals surface area contributed by atoms with Crippen molar-refractivity contribution in [1.29, 1.82) is 0 Å². The summed E-state index contributed by atoms with van der Waals surface area (Å²) >= 11 is 0. The molecule has 1 heterocycles. The van der Waals surface area contributed by atoms with Crippen molar-refractivity contribution in [3.63, 3.8) is 0 Å². The number of rotatable bonds is 4. The van der Waals surface area contributed by atoms with Crippen LogP contribution in [-0.2, 0) is 19.0 Å². The first kappa shape index (κ1) is 13.7. The Morgan fingerprint density at radius 1 is 1.32 bits per heavy atom. The number of ketones is 1. The summed E-state index contributed by atoms with van der Waals surface area (Å²) in [4.78, 5) is 23.2. The molecule has 102 valence electrons.